The Morgan fingerprint density at radius 1 is 1.12 bits per heavy atom. The van der Waals surface area contributed by atoms with Crippen molar-refractivity contribution in [3.8, 4) is 0 Å². The summed E-state index contributed by atoms with van der Waals surface area (Å²) in [5.41, 5.74) is 3.98. The van der Waals surface area contributed by atoms with Gasteiger partial charge in [0.05, 0.1) is 6.54 Å². The normalized spacial score (nSPS) is 15.7. The summed E-state index contributed by atoms with van der Waals surface area (Å²) in [5, 5.41) is 6.80. The van der Waals surface area contributed by atoms with Crippen LogP contribution in [0.5, 0.6) is 0 Å². The fourth-order valence-electron chi connectivity index (χ4n) is 3.02. The Kier molecular flexibility index (Phi) is 5.69. The number of aryl methyl sites for hydroxylation is 1. The lowest BCUT2D eigenvalue weighted by atomic mass is 9.96. The third-order valence-corrected chi connectivity index (χ3v) is 4.80. The lowest BCUT2D eigenvalue weighted by Crippen LogP contribution is -2.39. The van der Waals surface area contributed by atoms with Crippen molar-refractivity contribution in [1.82, 2.24) is 15.6 Å². The Hall–Kier alpha value is -2.36. The van der Waals surface area contributed by atoms with Gasteiger partial charge in [0.2, 0.25) is 0 Å². The van der Waals surface area contributed by atoms with Crippen molar-refractivity contribution in [2.24, 2.45) is 4.99 Å². The maximum Gasteiger partial charge on any atom is 0.191 e. The summed E-state index contributed by atoms with van der Waals surface area (Å²) in [6, 6.07) is 15.0. The quantitative estimate of drug-likeness (QED) is 0.603. The predicted molar refractivity (Wildman–Crippen MR) is 104 cm³/mol. The van der Waals surface area contributed by atoms with E-state index in [0.29, 0.717) is 0 Å². The first-order valence-corrected chi connectivity index (χ1v) is 9.21. The minimum absolute atomic E-state index is 0.254. The van der Waals surface area contributed by atoms with Gasteiger partial charge < -0.3 is 10.6 Å². The summed E-state index contributed by atoms with van der Waals surface area (Å²) in [6.07, 6.45) is 5.36. The zero-order valence-corrected chi connectivity index (χ0v) is 15.3. The van der Waals surface area contributed by atoms with Crippen LogP contribution in [0.2, 0.25) is 0 Å². The van der Waals surface area contributed by atoms with Crippen molar-refractivity contribution in [3.05, 3.63) is 65.5 Å². The van der Waals surface area contributed by atoms with Crippen LogP contribution >= 0.6 is 0 Å². The van der Waals surface area contributed by atoms with E-state index in [4.69, 9.17) is 4.99 Å². The summed E-state index contributed by atoms with van der Waals surface area (Å²) in [4.78, 5) is 9.20. The summed E-state index contributed by atoms with van der Waals surface area (Å²) < 4.78 is 0. The molecule has 1 saturated carbocycles. The SMILES string of the molecule is CCNC(=NCC1(c2ccccc2)CC1)NCCc1ccc(C)nc1. The lowest BCUT2D eigenvalue weighted by Gasteiger charge is -2.16. The largest absolute Gasteiger partial charge is 0.357 e. The van der Waals surface area contributed by atoms with E-state index in [0.717, 1.165) is 37.7 Å². The second-order valence-corrected chi connectivity index (χ2v) is 6.83. The average molecular weight is 336 g/mol. The Morgan fingerprint density at radius 2 is 1.92 bits per heavy atom. The van der Waals surface area contributed by atoms with Crippen molar-refractivity contribution < 1.29 is 0 Å². The van der Waals surface area contributed by atoms with Gasteiger partial charge in [-0.25, -0.2) is 0 Å². The van der Waals surface area contributed by atoms with E-state index in [9.17, 15) is 0 Å². The van der Waals surface area contributed by atoms with Gasteiger partial charge in [0.1, 0.15) is 0 Å². The minimum Gasteiger partial charge on any atom is -0.357 e. The third-order valence-electron chi connectivity index (χ3n) is 4.80. The van der Waals surface area contributed by atoms with E-state index in [2.05, 4.69) is 65.0 Å². The van der Waals surface area contributed by atoms with E-state index in [1.807, 2.05) is 13.1 Å². The average Bonchev–Trinajstić information content (AvgIpc) is 3.43. The Bertz CT molecular complexity index is 688. The molecule has 2 aromatic rings. The van der Waals surface area contributed by atoms with Gasteiger partial charge in [-0.3, -0.25) is 9.98 Å². The predicted octanol–water partition coefficient (Wildman–Crippen LogP) is 3.22. The molecule has 0 amide bonds. The molecule has 1 aliphatic rings. The Morgan fingerprint density at radius 3 is 2.56 bits per heavy atom. The highest BCUT2D eigenvalue weighted by Crippen LogP contribution is 2.48. The molecular weight excluding hydrogens is 308 g/mol. The third kappa shape index (κ3) is 4.81. The highest BCUT2D eigenvalue weighted by Gasteiger charge is 2.43. The fraction of sp³-hybridized carbons (Fsp3) is 0.429. The van der Waals surface area contributed by atoms with Gasteiger partial charge in [-0.05, 0) is 50.3 Å². The number of rotatable bonds is 7. The molecule has 0 unspecified atom stereocenters. The lowest BCUT2D eigenvalue weighted by molar-refractivity contribution is 0.692. The van der Waals surface area contributed by atoms with Crippen LogP contribution in [0.25, 0.3) is 0 Å². The molecule has 0 bridgehead atoms. The molecule has 1 aliphatic carbocycles. The number of hydrogen-bond acceptors (Lipinski definition) is 2. The second-order valence-electron chi connectivity index (χ2n) is 6.83. The maximum absolute atomic E-state index is 4.85. The zero-order chi connectivity index (χ0) is 17.5. The van der Waals surface area contributed by atoms with E-state index in [1.54, 1.807) is 0 Å². The smallest absolute Gasteiger partial charge is 0.191 e. The van der Waals surface area contributed by atoms with Crippen LogP contribution in [0, 0.1) is 6.92 Å². The maximum atomic E-state index is 4.85. The first-order chi connectivity index (χ1) is 12.2. The summed E-state index contributed by atoms with van der Waals surface area (Å²) in [7, 11) is 0. The topological polar surface area (TPSA) is 49.3 Å². The highest BCUT2D eigenvalue weighted by molar-refractivity contribution is 5.79. The molecule has 0 saturated heterocycles. The number of aliphatic imine (C=N–C) groups is 1. The number of aromatic nitrogens is 1. The van der Waals surface area contributed by atoms with Crippen LogP contribution < -0.4 is 10.6 Å². The van der Waals surface area contributed by atoms with Crippen molar-refractivity contribution in [1.29, 1.82) is 0 Å². The van der Waals surface area contributed by atoms with Gasteiger partial charge in [0.25, 0.3) is 0 Å². The van der Waals surface area contributed by atoms with Crippen LogP contribution in [0.3, 0.4) is 0 Å². The number of benzene rings is 1. The number of nitrogens with zero attached hydrogens (tertiary/aromatic N) is 2. The first kappa shape index (κ1) is 17.5. The molecule has 1 aromatic heterocycles. The molecule has 25 heavy (non-hydrogen) atoms. The molecule has 2 N–H and O–H groups in total. The molecule has 0 atom stereocenters. The molecule has 0 radical (unpaired) electrons. The van der Waals surface area contributed by atoms with Crippen molar-refractivity contribution in [2.45, 2.75) is 38.5 Å². The van der Waals surface area contributed by atoms with Crippen molar-refractivity contribution in [3.63, 3.8) is 0 Å². The fourth-order valence-corrected chi connectivity index (χ4v) is 3.02. The van der Waals surface area contributed by atoms with Gasteiger partial charge >= 0.3 is 0 Å². The van der Waals surface area contributed by atoms with Crippen molar-refractivity contribution in [2.75, 3.05) is 19.6 Å². The van der Waals surface area contributed by atoms with Gasteiger partial charge in [-0.15, -0.1) is 0 Å². The zero-order valence-electron chi connectivity index (χ0n) is 15.3. The van der Waals surface area contributed by atoms with Crippen LogP contribution in [-0.4, -0.2) is 30.6 Å². The molecule has 4 heteroatoms. The van der Waals surface area contributed by atoms with Crippen LogP contribution in [0.4, 0.5) is 0 Å². The molecule has 1 fully saturated rings. The number of pyridine rings is 1. The van der Waals surface area contributed by atoms with Gasteiger partial charge in [0, 0.05) is 30.4 Å². The van der Waals surface area contributed by atoms with E-state index >= 15 is 0 Å². The van der Waals surface area contributed by atoms with Gasteiger partial charge in [-0.1, -0.05) is 36.4 Å². The van der Waals surface area contributed by atoms with E-state index in [1.165, 1.54) is 24.0 Å². The standard InChI is InChI=1S/C21H28N4/c1-3-22-20(23-14-11-18-10-9-17(2)24-15-18)25-16-21(12-13-21)19-7-5-4-6-8-19/h4-10,15H,3,11-14,16H2,1-2H3,(H2,22,23,25). The van der Waals surface area contributed by atoms with E-state index < -0.39 is 0 Å². The van der Waals surface area contributed by atoms with E-state index in [-0.39, 0.29) is 5.41 Å². The van der Waals surface area contributed by atoms with Crippen LogP contribution in [0.1, 0.15) is 36.6 Å². The first-order valence-electron chi connectivity index (χ1n) is 9.21. The van der Waals surface area contributed by atoms with Crippen LogP contribution in [0.15, 0.2) is 53.7 Å². The van der Waals surface area contributed by atoms with Crippen molar-refractivity contribution >= 4 is 5.96 Å². The molecule has 1 aromatic carbocycles. The van der Waals surface area contributed by atoms with Gasteiger partial charge in [0.15, 0.2) is 5.96 Å². The minimum atomic E-state index is 0.254. The monoisotopic (exact) mass is 336 g/mol. The highest BCUT2D eigenvalue weighted by atomic mass is 15.2. The summed E-state index contributed by atoms with van der Waals surface area (Å²) >= 11 is 0. The Labute approximate surface area is 150 Å². The number of guanidine groups is 1. The molecule has 0 aliphatic heterocycles. The number of nitrogens with one attached hydrogen (secondary N) is 2. The number of hydrogen-bond donors (Lipinski definition) is 2. The van der Waals surface area contributed by atoms with Gasteiger partial charge in [-0.2, -0.15) is 0 Å². The molecule has 4 nitrogen and oxygen atoms in total. The second kappa shape index (κ2) is 8.15. The Balaban J connectivity index is 1.55. The summed E-state index contributed by atoms with van der Waals surface area (Å²) in [6.45, 7) is 6.69. The molecule has 1 heterocycles. The van der Waals surface area contributed by atoms with Crippen LogP contribution in [-0.2, 0) is 11.8 Å². The molecule has 0 spiro atoms. The molecular formula is C21H28N4. The molecule has 3 rings (SSSR count). The summed E-state index contributed by atoms with van der Waals surface area (Å²) in [5.74, 6) is 0.907. The molecule has 132 valence electrons.